The number of nitrogens with one attached hydrogen (secondary N) is 2. The summed E-state index contributed by atoms with van der Waals surface area (Å²) in [6.45, 7) is 0.453. The Morgan fingerprint density at radius 1 is 1.30 bits per heavy atom. The molecule has 23 heavy (non-hydrogen) atoms. The van der Waals surface area contributed by atoms with Crippen LogP contribution in [0.3, 0.4) is 0 Å². The van der Waals surface area contributed by atoms with Crippen molar-refractivity contribution in [2.75, 3.05) is 12.3 Å². The van der Waals surface area contributed by atoms with Gasteiger partial charge in [-0.2, -0.15) is 12.6 Å². The van der Waals surface area contributed by atoms with Crippen molar-refractivity contribution in [3.05, 3.63) is 23.8 Å². The zero-order valence-electron chi connectivity index (χ0n) is 13.0. The normalized spacial score (nSPS) is 15.7. The number of hydrogen-bond donors (Lipinski definition) is 5. The Kier molecular flexibility index (Phi) is 8.42. The molecule has 1 aliphatic carbocycles. The highest BCUT2D eigenvalue weighted by atomic mass is 32.1. The summed E-state index contributed by atoms with van der Waals surface area (Å²) in [7, 11) is 0. The van der Waals surface area contributed by atoms with E-state index >= 15 is 0 Å². The third-order valence-corrected chi connectivity index (χ3v) is 3.86. The van der Waals surface area contributed by atoms with Gasteiger partial charge < -0.3 is 22.1 Å². The molecule has 0 heterocycles. The molecule has 0 saturated heterocycles. The zero-order chi connectivity index (χ0) is 17.2. The van der Waals surface area contributed by atoms with Gasteiger partial charge in [-0.25, -0.2) is 0 Å². The van der Waals surface area contributed by atoms with Crippen molar-refractivity contribution in [2.45, 2.75) is 37.8 Å². The predicted molar refractivity (Wildman–Crippen MR) is 91.7 cm³/mol. The number of rotatable bonds is 10. The van der Waals surface area contributed by atoms with Gasteiger partial charge in [0, 0.05) is 17.9 Å². The lowest BCUT2D eigenvalue weighted by Crippen LogP contribution is -2.45. The van der Waals surface area contributed by atoms with Crippen LogP contribution < -0.4 is 22.1 Å². The van der Waals surface area contributed by atoms with E-state index in [2.05, 4.69) is 23.3 Å². The van der Waals surface area contributed by atoms with Crippen LogP contribution in [0.15, 0.2) is 23.8 Å². The SMILES string of the molecule is NC(=O)C(CCCCNC(=O)C(N)CS)NC(=O)C1=CC=CC1. The lowest BCUT2D eigenvalue weighted by Gasteiger charge is -2.16. The quantitative estimate of drug-likeness (QED) is 0.268. The second-order valence-corrected chi connectivity index (χ2v) is 5.69. The lowest BCUT2D eigenvalue weighted by atomic mass is 10.1. The average molecular weight is 340 g/mol. The van der Waals surface area contributed by atoms with Crippen molar-refractivity contribution in [1.82, 2.24) is 10.6 Å². The van der Waals surface area contributed by atoms with Crippen LogP contribution in [0.25, 0.3) is 0 Å². The molecule has 0 aromatic rings. The van der Waals surface area contributed by atoms with E-state index < -0.39 is 18.0 Å². The van der Waals surface area contributed by atoms with Crippen LogP contribution in [0.4, 0.5) is 0 Å². The highest BCUT2D eigenvalue weighted by molar-refractivity contribution is 7.80. The van der Waals surface area contributed by atoms with Crippen molar-refractivity contribution in [3.63, 3.8) is 0 Å². The van der Waals surface area contributed by atoms with E-state index in [0.29, 0.717) is 37.8 Å². The Hall–Kier alpha value is -1.80. The number of amides is 3. The molecule has 0 aromatic carbocycles. The molecule has 0 spiro atoms. The Labute approximate surface area is 141 Å². The Balaban J connectivity index is 2.27. The molecule has 1 aliphatic rings. The topological polar surface area (TPSA) is 127 Å². The number of carbonyl (C=O) groups excluding carboxylic acids is 3. The molecule has 8 heteroatoms. The van der Waals surface area contributed by atoms with Crippen molar-refractivity contribution in [2.24, 2.45) is 11.5 Å². The maximum atomic E-state index is 11.9. The molecule has 3 amide bonds. The van der Waals surface area contributed by atoms with Crippen molar-refractivity contribution >= 4 is 30.4 Å². The number of nitrogens with two attached hydrogens (primary N) is 2. The average Bonchev–Trinajstić information content (AvgIpc) is 3.06. The van der Waals surface area contributed by atoms with E-state index in [0.717, 1.165) is 0 Å². The zero-order valence-corrected chi connectivity index (χ0v) is 13.9. The van der Waals surface area contributed by atoms with Gasteiger partial charge in [-0.1, -0.05) is 18.2 Å². The molecule has 2 unspecified atom stereocenters. The van der Waals surface area contributed by atoms with Gasteiger partial charge in [0.1, 0.15) is 6.04 Å². The first-order chi connectivity index (χ1) is 11.0. The number of hydrogen-bond acceptors (Lipinski definition) is 5. The largest absolute Gasteiger partial charge is 0.368 e. The molecule has 0 aliphatic heterocycles. The van der Waals surface area contributed by atoms with E-state index in [9.17, 15) is 14.4 Å². The molecular weight excluding hydrogens is 316 g/mol. The van der Waals surface area contributed by atoms with Crippen LogP contribution in [-0.2, 0) is 14.4 Å². The fourth-order valence-corrected chi connectivity index (χ4v) is 2.22. The van der Waals surface area contributed by atoms with Gasteiger partial charge in [0.2, 0.25) is 17.7 Å². The first kappa shape index (κ1) is 19.2. The summed E-state index contributed by atoms with van der Waals surface area (Å²) in [6, 6.07) is -1.33. The summed E-state index contributed by atoms with van der Waals surface area (Å²) in [5, 5.41) is 5.33. The van der Waals surface area contributed by atoms with Gasteiger partial charge in [0.05, 0.1) is 6.04 Å². The highest BCUT2D eigenvalue weighted by Crippen LogP contribution is 2.11. The van der Waals surface area contributed by atoms with Crippen molar-refractivity contribution < 1.29 is 14.4 Å². The summed E-state index contributed by atoms with van der Waals surface area (Å²) >= 11 is 3.95. The minimum atomic E-state index is -0.709. The summed E-state index contributed by atoms with van der Waals surface area (Å²) in [4.78, 5) is 34.8. The monoisotopic (exact) mass is 340 g/mol. The number of primary amides is 1. The molecule has 128 valence electrons. The smallest absolute Gasteiger partial charge is 0.248 e. The van der Waals surface area contributed by atoms with E-state index in [-0.39, 0.29) is 17.6 Å². The van der Waals surface area contributed by atoms with Crippen LogP contribution in [0.1, 0.15) is 25.7 Å². The van der Waals surface area contributed by atoms with E-state index in [1.165, 1.54) is 0 Å². The third-order valence-electron chi connectivity index (χ3n) is 3.46. The van der Waals surface area contributed by atoms with E-state index in [1.807, 2.05) is 6.08 Å². The first-order valence-corrected chi connectivity index (χ1v) is 8.19. The molecule has 0 fully saturated rings. The number of thiol groups is 1. The molecule has 7 nitrogen and oxygen atoms in total. The molecule has 6 N–H and O–H groups in total. The van der Waals surface area contributed by atoms with E-state index in [1.54, 1.807) is 12.2 Å². The van der Waals surface area contributed by atoms with Crippen molar-refractivity contribution in [3.8, 4) is 0 Å². The minimum Gasteiger partial charge on any atom is -0.368 e. The Morgan fingerprint density at radius 2 is 2.04 bits per heavy atom. The molecule has 2 atom stereocenters. The number of carbonyl (C=O) groups is 3. The fourth-order valence-electron chi connectivity index (χ4n) is 2.05. The molecule has 0 bridgehead atoms. The van der Waals surface area contributed by atoms with Gasteiger partial charge >= 0.3 is 0 Å². The Bertz CT molecular complexity index is 505. The fraction of sp³-hybridized carbons (Fsp3) is 0.533. The van der Waals surface area contributed by atoms with Crippen LogP contribution >= 0.6 is 12.6 Å². The van der Waals surface area contributed by atoms with Gasteiger partial charge in [-0.15, -0.1) is 0 Å². The third kappa shape index (κ3) is 6.87. The van der Waals surface area contributed by atoms with Gasteiger partial charge in [-0.05, 0) is 25.7 Å². The summed E-state index contributed by atoms with van der Waals surface area (Å²) < 4.78 is 0. The molecule has 0 saturated carbocycles. The van der Waals surface area contributed by atoms with Crippen LogP contribution in [0.2, 0.25) is 0 Å². The van der Waals surface area contributed by atoms with Gasteiger partial charge in [0.25, 0.3) is 0 Å². The predicted octanol–water partition coefficient (Wildman–Crippen LogP) is -0.614. The summed E-state index contributed by atoms with van der Waals surface area (Å²) in [5.41, 5.74) is 11.5. The molecule has 0 aromatic heterocycles. The molecule has 0 radical (unpaired) electrons. The van der Waals surface area contributed by atoms with E-state index in [4.69, 9.17) is 11.5 Å². The van der Waals surface area contributed by atoms with Crippen molar-refractivity contribution in [1.29, 1.82) is 0 Å². The van der Waals surface area contributed by atoms with Crippen LogP contribution in [0.5, 0.6) is 0 Å². The molecular formula is C15H24N4O3S. The maximum Gasteiger partial charge on any atom is 0.248 e. The maximum absolute atomic E-state index is 11.9. The van der Waals surface area contributed by atoms with Gasteiger partial charge in [0.15, 0.2) is 0 Å². The van der Waals surface area contributed by atoms with Crippen LogP contribution in [-0.4, -0.2) is 42.1 Å². The number of unbranched alkanes of at least 4 members (excludes halogenated alkanes) is 1. The minimum absolute atomic E-state index is 0.250. The number of allylic oxidation sites excluding steroid dienone is 3. The summed E-state index contributed by atoms with van der Waals surface area (Å²) in [5.74, 6) is -0.801. The van der Waals surface area contributed by atoms with Gasteiger partial charge in [-0.3, -0.25) is 14.4 Å². The second-order valence-electron chi connectivity index (χ2n) is 5.33. The standard InChI is InChI=1S/C15H24N4O3S/c16-11(9-23)15(22)18-8-4-3-7-12(13(17)20)19-14(21)10-5-1-2-6-10/h1-2,5,11-12,23H,3-4,6-9,16H2,(H2,17,20)(H,18,22)(H,19,21). The summed E-state index contributed by atoms with van der Waals surface area (Å²) in [6.07, 6.45) is 7.67. The second kappa shape index (κ2) is 10.1. The van der Waals surface area contributed by atoms with Crippen LogP contribution in [0, 0.1) is 0 Å². The lowest BCUT2D eigenvalue weighted by molar-refractivity contribution is -0.125. The molecule has 1 rings (SSSR count). The first-order valence-electron chi connectivity index (χ1n) is 7.55. The Morgan fingerprint density at radius 3 is 2.61 bits per heavy atom. The highest BCUT2D eigenvalue weighted by Gasteiger charge is 2.20.